The summed E-state index contributed by atoms with van der Waals surface area (Å²) in [4.78, 5) is 0. The number of halogens is 3. The van der Waals surface area contributed by atoms with Crippen LogP contribution in [0.4, 0.5) is 14.5 Å². The van der Waals surface area contributed by atoms with E-state index in [4.69, 9.17) is 9.84 Å². The van der Waals surface area contributed by atoms with Gasteiger partial charge < -0.3 is 15.2 Å². The molecule has 0 atom stereocenters. The van der Waals surface area contributed by atoms with E-state index in [1.54, 1.807) is 25.3 Å². The maximum atomic E-state index is 13.2. The van der Waals surface area contributed by atoms with Gasteiger partial charge in [0.1, 0.15) is 5.75 Å². The highest BCUT2D eigenvalue weighted by Gasteiger charge is 2.10. The lowest BCUT2D eigenvalue weighted by molar-refractivity contribution is 0.395. The molecule has 2 aromatic carbocycles. The minimum Gasteiger partial charge on any atom is -0.503 e. The standard InChI is InChI=1S/C14H12BrF2NO2/c1-20-9-2-3-10(15)13(6-9)18-7-8-4-11(16)14(19)12(17)5-8/h2-6,18-19H,7H2,1H3. The molecule has 106 valence electrons. The molecule has 0 aliphatic carbocycles. The van der Waals surface area contributed by atoms with Crippen LogP contribution in [-0.4, -0.2) is 12.2 Å². The molecule has 2 rings (SSSR count). The SMILES string of the molecule is COc1ccc(Br)c(NCc2cc(F)c(O)c(F)c2)c1. The number of anilines is 1. The summed E-state index contributed by atoms with van der Waals surface area (Å²) in [5.41, 5.74) is 1.12. The highest BCUT2D eigenvalue weighted by Crippen LogP contribution is 2.28. The third-order valence-corrected chi connectivity index (χ3v) is 3.42. The number of nitrogens with one attached hydrogen (secondary N) is 1. The number of methoxy groups -OCH3 is 1. The predicted octanol–water partition coefficient (Wildman–Crippen LogP) is 4.05. The summed E-state index contributed by atoms with van der Waals surface area (Å²) in [7, 11) is 1.55. The van der Waals surface area contributed by atoms with E-state index >= 15 is 0 Å². The molecule has 0 unspecified atom stereocenters. The molecule has 0 bridgehead atoms. The Labute approximate surface area is 123 Å². The molecule has 0 aliphatic heterocycles. The van der Waals surface area contributed by atoms with Crippen molar-refractivity contribution in [2.24, 2.45) is 0 Å². The fraction of sp³-hybridized carbons (Fsp3) is 0.143. The molecule has 0 fully saturated rings. The van der Waals surface area contributed by atoms with Gasteiger partial charge in [0, 0.05) is 17.1 Å². The van der Waals surface area contributed by atoms with E-state index in [0.29, 0.717) is 11.3 Å². The number of phenols is 1. The Morgan fingerprint density at radius 2 is 1.85 bits per heavy atom. The van der Waals surface area contributed by atoms with Crippen LogP contribution in [0.3, 0.4) is 0 Å². The van der Waals surface area contributed by atoms with E-state index in [2.05, 4.69) is 21.2 Å². The smallest absolute Gasteiger partial charge is 0.187 e. The van der Waals surface area contributed by atoms with E-state index in [9.17, 15) is 8.78 Å². The maximum absolute atomic E-state index is 13.2. The van der Waals surface area contributed by atoms with Crippen molar-refractivity contribution in [1.29, 1.82) is 0 Å². The summed E-state index contributed by atoms with van der Waals surface area (Å²) in [6.45, 7) is 0.208. The Hall–Kier alpha value is -1.82. The fourth-order valence-corrected chi connectivity index (χ4v) is 2.07. The third-order valence-electron chi connectivity index (χ3n) is 2.73. The zero-order chi connectivity index (χ0) is 14.7. The second-order valence-electron chi connectivity index (χ2n) is 4.11. The second-order valence-corrected chi connectivity index (χ2v) is 4.96. The molecular weight excluding hydrogens is 332 g/mol. The summed E-state index contributed by atoms with van der Waals surface area (Å²) in [6, 6.07) is 7.52. The van der Waals surface area contributed by atoms with Gasteiger partial charge in [-0.25, -0.2) is 8.78 Å². The molecule has 0 aliphatic rings. The molecule has 0 spiro atoms. The van der Waals surface area contributed by atoms with Crippen molar-refractivity contribution in [1.82, 2.24) is 0 Å². The molecule has 0 aromatic heterocycles. The zero-order valence-corrected chi connectivity index (χ0v) is 12.2. The quantitative estimate of drug-likeness (QED) is 0.879. The first-order chi connectivity index (χ1) is 9.51. The Kier molecular flexibility index (Phi) is 4.44. The lowest BCUT2D eigenvalue weighted by Crippen LogP contribution is -2.02. The van der Waals surface area contributed by atoms with E-state index in [0.717, 1.165) is 22.3 Å². The van der Waals surface area contributed by atoms with Crippen LogP contribution < -0.4 is 10.1 Å². The number of phenolic OH excluding ortho intramolecular Hbond substituents is 1. The lowest BCUT2D eigenvalue weighted by Gasteiger charge is -2.11. The topological polar surface area (TPSA) is 41.5 Å². The molecule has 0 saturated heterocycles. The van der Waals surface area contributed by atoms with Crippen LogP contribution in [0, 0.1) is 11.6 Å². The van der Waals surface area contributed by atoms with Crippen LogP contribution in [0.2, 0.25) is 0 Å². The highest BCUT2D eigenvalue weighted by atomic mass is 79.9. The summed E-state index contributed by atoms with van der Waals surface area (Å²) in [5.74, 6) is -2.26. The van der Waals surface area contributed by atoms with E-state index in [1.807, 2.05) is 0 Å². The molecule has 0 amide bonds. The van der Waals surface area contributed by atoms with E-state index < -0.39 is 17.4 Å². The first-order valence-electron chi connectivity index (χ1n) is 5.75. The lowest BCUT2D eigenvalue weighted by atomic mass is 10.2. The Balaban J connectivity index is 2.16. The number of benzene rings is 2. The van der Waals surface area contributed by atoms with Crippen LogP contribution in [0.25, 0.3) is 0 Å². The van der Waals surface area contributed by atoms with E-state index in [1.165, 1.54) is 0 Å². The van der Waals surface area contributed by atoms with Crippen molar-refractivity contribution in [3.05, 3.63) is 52.0 Å². The first-order valence-corrected chi connectivity index (χ1v) is 6.55. The summed E-state index contributed by atoms with van der Waals surface area (Å²) in [6.07, 6.45) is 0. The average Bonchev–Trinajstić information content (AvgIpc) is 2.43. The van der Waals surface area contributed by atoms with Gasteiger partial charge in [-0.2, -0.15) is 0 Å². The van der Waals surface area contributed by atoms with Gasteiger partial charge in [0.25, 0.3) is 0 Å². The van der Waals surface area contributed by atoms with Crippen LogP contribution in [-0.2, 0) is 6.54 Å². The monoisotopic (exact) mass is 343 g/mol. The normalized spacial score (nSPS) is 10.4. The first kappa shape index (κ1) is 14.6. The minimum atomic E-state index is -0.980. The number of rotatable bonds is 4. The molecule has 2 N–H and O–H groups in total. The van der Waals surface area contributed by atoms with Gasteiger partial charge in [0.2, 0.25) is 0 Å². The number of aromatic hydroxyl groups is 1. The van der Waals surface area contributed by atoms with Crippen molar-refractivity contribution >= 4 is 21.6 Å². The minimum absolute atomic E-state index is 0.208. The average molecular weight is 344 g/mol. The zero-order valence-electron chi connectivity index (χ0n) is 10.6. The molecule has 20 heavy (non-hydrogen) atoms. The molecule has 0 radical (unpaired) electrons. The predicted molar refractivity (Wildman–Crippen MR) is 76.0 cm³/mol. The van der Waals surface area contributed by atoms with Gasteiger partial charge in [-0.3, -0.25) is 0 Å². The van der Waals surface area contributed by atoms with Crippen LogP contribution in [0.15, 0.2) is 34.8 Å². The van der Waals surface area contributed by atoms with Crippen LogP contribution >= 0.6 is 15.9 Å². The van der Waals surface area contributed by atoms with Crippen molar-refractivity contribution in [3.63, 3.8) is 0 Å². The third kappa shape index (κ3) is 3.19. The Morgan fingerprint density at radius 1 is 1.20 bits per heavy atom. The second kappa shape index (κ2) is 6.09. The molecular formula is C14H12BrF2NO2. The molecule has 3 nitrogen and oxygen atoms in total. The maximum Gasteiger partial charge on any atom is 0.187 e. The summed E-state index contributed by atoms with van der Waals surface area (Å²) < 4.78 is 32.3. The van der Waals surface area contributed by atoms with Gasteiger partial charge in [0.05, 0.1) is 12.8 Å². The van der Waals surface area contributed by atoms with Crippen LogP contribution in [0.5, 0.6) is 11.5 Å². The van der Waals surface area contributed by atoms with Gasteiger partial charge >= 0.3 is 0 Å². The van der Waals surface area contributed by atoms with Gasteiger partial charge in [-0.15, -0.1) is 0 Å². The molecule has 2 aromatic rings. The number of ether oxygens (including phenoxy) is 1. The molecule has 0 heterocycles. The Bertz CT molecular complexity index is 612. The highest BCUT2D eigenvalue weighted by molar-refractivity contribution is 9.10. The molecule has 0 saturated carbocycles. The van der Waals surface area contributed by atoms with Crippen molar-refractivity contribution in [2.75, 3.05) is 12.4 Å². The molecule has 6 heteroatoms. The van der Waals surface area contributed by atoms with Gasteiger partial charge in [0.15, 0.2) is 17.4 Å². The fourth-order valence-electron chi connectivity index (χ4n) is 1.68. The summed E-state index contributed by atoms with van der Waals surface area (Å²) in [5, 5.41) is 12.1. The largest absolute Gasteiger partial charge is 0.503 e. The van der Waals surface area contributed by atoms with Gasteiger partial charge in [-0.05, 0) is 45.8 Å². The summed E-state index contributed by atoms with van der Waals surface area (Å²) >= 11 is 3.37. The van der Waals surface area contributed by atoms with Crippen molar-refractivity contribution in [3.8, 4) is 11.5 Å². The van der Waals surface area contributed by atoms with E-state index in [-0.39, 0.29) is 6.54 Å². The number of hydrogen-bond donors (Lipinski definition) is 2. The van der Waals surface area contributed by atoms with Crippen molar-refractivity contribution < 1.29 is 18.6 Å². The van der Waals surface area contributed by atoms with Crippen LogP contribution in [0.1, 0.15) is 5.56 Å². The van der Waals surface area contributed by atoms with Crippen molar-refractivity contribution in [2.45, 2.75) is 6.54 Å². The van der Waals surface area contributed by atoms with Gasteiger partial charge in [-0.1, -0.05) is 0 Å². The number of hydrogen-bond acceptors (Lipinski definition) is 3. The Morgan fingerprint density at radius 3 is 2.45 bits per heavy atom.